The zero-order valence-corrected chi connectivity index (χ0v) is 10.4. The Kier molecular flexibility index (Phi) is 5.97. The Morgan fingerprint density at radius 2 is 2.00 bits per heavy atom. The average Bonchev–Trinajstić information content (AvgIpc) is 2.29. The second-order valence-corrected chi connectivity index (χ2v) is 4.47. The molecule has 1 fully saturated rings. The largest absolute Gasteiger partial charge is 0.466 e. The van der Waals surface area contributed by atoms with E-state index in [1.807, 2.05) is 0 Å². The van der Waals surface area contributed by atoms with Crippen LogP contribution in [0.25, 0.3) is 0 Å². The van der Waals surface area contributed by atoms with Crippen molar-refractivity contribution in [3.63, 3.8) is 0 Å². The van der Waals surface area contributed by atoms with Crippen molar-refractivity contribution >= 4 is 11.9 Å². The highest BCUT2D eigenvalue weighted by atomic mass is 16.5. The maximum Gasteiger partial charge on any atom is 0.307 e. The second-order valence-electron chi connectivity index (χ2n) is 4.47. The van der Waals surface area contributed by atoms with Gasteiger partial charge in [0.2, 0.25) is 5.91 Å². The second kappa shape index (κ2) is 7.27. The third kappa shape index (κ3) is 5.17. The van der Waals surface area contributed by atoms with Crippen LogP contribution < -0.4 is 11.1 Å². The molecule has 0 saturated heterocycles. The minimum Gasteiger partial charge on any atom is -0.466 e. The first-order chi connectivity index (χ1) is 8.13. The van der Waals surface area contributed by atoms with Gasteiger partial charge in [-0.1, -0.05) is 19.3 Å². The molecule has 1 saturated carbocycles. The Bertz CT molecular complexity index is 262. The van der Waals surface area contributed by atoms with Crippen LogP contribution in [-0.2, 0) is 14.3 Å². The van der Waals surface area contributed by atoms with Crippen molar-refractivity contribution in [3.05, 3.63) is 0 Å². The summed E-state index contributed by atoms with van der Waals surface area (Å²) in [5.41, 5.74) is 5.29. The number of amides is 1. The van der Waals surface area contributed by atoms with E-state index in [-0.39, 0.29) is 12.4 Å². The minimum atomic E-state index is -0.600. The molecular weight excluding hydrogens is 220 g/mol. The molecule has 1 amide bonds. The topological polar surface area (TPSA) is 81.4 Å². The van der Waals surface area contributed by atoms with Gasteiger partial charge < -0.3 is 15.8 Å². The molecule has 98 valence electrons. The maximum atomic E-state index is 11.3. The molecule has 17 heavy (non-hydrogen) atoms. The van der Waals surface area contributed by atoms with Crippen molar-refractivity contribution in [2.24, 2.45) is 5.73 Å². The number of carbonyl (C=O) groups is 2. The van der Waals surface area contributed by atoms with Gasteiger partial charge in [-0.3, -0.25) is 9.59 Å². The van der Waals surface area contributed by atoms with E-state index in [4.69, 9.17) is 10.5 Å². The molecule has 0 aromatic rings. The lowest BCUT2D eigenvalue weighted by molar-refractivity contribution is -0.145. The first-order valence-electron chi connectivity index (χ1n) is 6.34. The zero-order chi connectivity index (χ0) is 12.7. The number of esters is 1. The highest BCUT2D eigenvalue weighted by molar-refractivity contribution is 5.85. The Balaban J connectivity index is 2.41. The SMILES string of the molecule is CCOC(=O)CC(NC1CCCCC1)C(N)=O. The number of ether oxygens (including phenoxy) is 1. The first kappa shape index (κ1) is 14.0. The molecule has 0 aliphatic heterocycles. The van der Waals surface area contributed by atoms with Crippen LogP contribution in [0.3, 0.4) is 0 Å². The first-order valence-corrected chi connectivity index (χ1v) is 6.34. The van der Waals surface area contributed by atoms with Gasteiger partial charge in [0.1, 0.15) is 0 Å². The molecule has 1 unspecified atom stereocenters. The van der Waals surface area contributed by atoms with Gasteiger partial charge in [-0.05, 0) is 19.8 Å². The molecule has 0 radical (unpaired) electrons. The lowest BCUT2D eigenvalue weighted by Crippen LogP contribution is -2.48. The highest BCUT2D eigenvalue weighted by Crippen LogP contribution is 2.18. The number of nitrogens with two attached hydrogens (primary N) is 1. The Morgan fingerprint density at radius 3 is 2.53 bits per heavy atom. The van der Waals surface area contributed by atoms with E-state index < -0.39 is 11.9 Å². The summed E-state index contributed by atoms with van der Waals surface area (Å²) in [5.74, 6) is -0.858. The van der Waals surface area contributed by atoms with Gasteiger partial charge in [-0.15, -0.1) is 0 Å². The summed E-state index contributed by atoms with van der Waals surface area (Å²) in [6, 6.07) is -0.298. The maximum absolute atomic E-state index is 11.3. The summed E-state index contributed by atoms with van der Waals surface area (Å²) < 4.78 is 4.82. The molecule has 3 N–H and O–H groups in total. The van der Waals surface area contributed by atoms with Crippen molar-refractivity contribution in [1.82, 2.24) is 5.32 Å². The zero-order valence-electron chi connectivity index (χ0n) is 10.4. The highest BCUT2D eigenvalue weighted by Gasteiger charge is 2.24. The third-order valence-electron chi connectivity index (χ3n) is 3.06. The number of nitrogens with one attached hydrogen (secondary N) is 1. The average molecular weight is 242 g/mol. The monoisotopic (exact) mass is 242 g/mol. The van der Waals surface area contributed by atoms with Gasteiger partial charge >= 0.3 is 5.97 Å². The Labute approximate surface area is 102 Å². The summed E-state index contributed by atoms with van der Waals surface area (Å²) in [6.07, 6.45) is 5.71. The third-order valence-corrected chi connectivity index (χ3v) is 3.06. The smallest absolute Gasteiger partial charge is 0.307 e. The van der Waals surface area contributed by atoms with E-state index in [1.165, 1.54) is 19.3 Å². The van der Waals surface area contributed by atoms with Gasteiger partial charge in [0.15, 0.2) is 0 Å². The summed E-state index contributed by atoms with van der Waals surface area (Å²) in [6.45, 7) is 2.07. The van der Waals surface area contributed by atoms with E-state index in [1.54, 1.807) is 6.92 Å². The van der Waals surface area contributed by atoms with Crippen LogP contribution in [0.5, 0.6) is 0 Å². The van der Waals surface area contributed by atoms with Gasteiger partial charge in [0, 0.05) is 6.04 Å². The molecule has 0 heterocycles. The molecular formula is C12H22N2O3. The van der Waals surface area contributed by atoms with Crippen LogP contribution in [0, 0.1) is 0 Å². The van der Waals surface area contributed by atoms with E-state index in [2.05, 4.69) is 5.32 Å². The molecule has 5 heteroatoms. The summed E-state index contributed by atoms with van der Waals surface area (Å²) >= 11 is 0. The van der Waals surface area contributed by atoms with Crippen LogP contribution in [0.2, 0.25) is 0 Å². The molecule has 0 aromatic heterocycles. The minimum absolute atomic E-state index is 0.0275. The predicted molar refractivity (Wildman–Crippen MR) is 64.2 cm³/mol. The van der Waals surface area contributed by atoms with Crippen LogP contribution in [0.4, 0.5) is 0 Å². The van der Waals surface area contributed by atoms with E-state index >= 15 is 0 Å². The van der Waals surface area contributed by atoms with E-state index in [0.717, 1.165) is 12.8 Å². The van der Waals surface area contributed by atoms with Crippen LogP contribution >= 0.6 is 0 Å². The van der Waals surface area contributed by atoms with Gasteiger partial charge in [0.25, 0.3) is 0 Å². The van der Waals surface area contributed by atoms with Gasteiger partial charge in [-0.2, -0.15) is 0 Å². The molecule has 5 nitrogen and oxygen atoms in total. The lowest BCUT2D eigenvalue weighted by atomic mass is 9.94. The standard InChI is InChI=1S/C12H22N2O3/c1-2-17-11(15)8-10(12(13)16)14-9-6-4-3-5-7-9/h9-10,14H,2-8H2,1H3,(H2,13,16). The van der Waals surface area contributed by atoms with E-state index in [0.29, 0.717) is 12.6 Å². The molecule has 1 rings (SSSR count). The van der Waals surface area contributed by atoms with Gasteiger partial charge in [0.05, 0.1) is 19.1 Å². The van der Waals surface area contributed by atoms with Crippen molar-refractivity contribution in [2.45, 2.75) is 57.5 Å². The fourth-order valence-electron chi connectivity index (χ4n) is 2.18. The summed E-state index contributed by atoms with van der Waals surface area (Å²) in [5, 5.41) is 3.17. The van der Waals surface area contributed by atoms with Crippen LogP contribution in [-0.4, -0.2) is 30.6 Å². The number of hydrogen-bond acceptors (Lipinski definition) is 4. The molecule has 0 spiro atoms. The van der Waals surface area contributed by atoms with Crippen molar-refractivity contribution in [3.8, 4) is 0 Å². The predicted octanol–water partition coefficient (Wildman–Crippen LogP) is 0.716. The lowest BCUT2D eigenvalue weighted by Gasteiger charge is -2.26. The molecule has 1 atom stereocenters. The quantitative estimate of drug-likeness (QED) is 0.672. The molecule has 0 bridgehead atoms. The van der Waals surface area contributed by atoms with Crippen molar-refractivity contribution < 1.29 is 14.3 Å². The Hall–Kier alpha value is -1.10. The van der Waals surface area contributed by atoms with Crippen molar-refractivity contribution in [2.75, 3.05) is 6.61 Å². The Morgan fingerprint density at radius 1 is 1.35 bits per heavy atom. The van der Waals surface area contributed by atoms with E-state index in [9.17, 15) is 9.59 Å². The number of primary amides is 1. The van der Waals surface area contributed by atoms with Crippen LogP contribution in [0.15, 0.2) is 0 Å². The van der Waals surface area contributed by atoms with Crippen molar-refractivity contribution in [1.29, 1.82) is 0 Å². The fourth-order valence-corrected chi connectivity index (χ4v) is 2.18. The van der Waals surface area contributed by atoms with Crippen LogP contribution in [0.1, 0.15) is 45.4 Å². The normalized spacial score (nSPS) is 18.6. The molecule has 0 aromatic carbocycles. The number of rotatable bonds is 6. The number of hydrogen-bond donors (Lipinski definition) is 2. The summed E-state index contributed by atoms with van der Waals surface area (Å²) in [4.78, 5) is 22.6. The summed E-state index contributed by atoms with van der Waals surface area (Å²) in [7, 11) is 0. The van der Waals surface area contributed by atoms with Gasteiger partial charge in [-0.25, -0.2) is 0 Å². The number of carbonyl (C=O) groups excluding carboxylic acids is 2. The molecule has 1 aliphatic carbocycles. The fraction of sp³-hybridized carbons (Fsp3) is 0.833. The molecule has 1 aliphatic rings.